The zero-order chi connectivity index (χ0) is 14.7. The van der Waals surface area contributed by atoms with Crippen LogP contribution in [0, 0.1) is 11.3 Å². The molecule has 4 nitrogen and oxygen atoms in total. The third-order valence-corrected chi connectivity index (χ3v) is 4.39. The maximum absolute atomic E-state index is 12.4. The molecule has 1 fully saturated rings. The van der Waals surface area contributed by atoms with Gasteiger partial charge in [-0.15, -0.1) is 0 Å². The van der Waals surface area contributed by atoms with E-state index in [2.05, 4.69) is 26.9 Å². The van der Waals surface area contributed by atoms with Gasteiger partial charge < -0.3 is 4.90 Å². The van der Waals surface area contributed by atoms with Crippen molar-refractivity contribution < 1.29 is 4.79 Å². The lowest BCUT2D eigenvalue weighted by Crippen LogP contribution is -2.51. The average molecular weight is 357 g/mol. The minimum Gasteiger partial charge on any atom is -0.336 e. The largest absolute Gasteiger partial charge is 0.336 e. The smallest absolute Gasteiger partial charge is 0.255 e. The Morgan fingerprint density at radius 3 is 2.60 bits per heavy atom. The highest BCUT2D eigenvalue weighted by Crippen LogP contribution is 2.23. The van der Waals surface area contributed by atoms with Crippen molar-refractivity contribution in [1.82, 2.24) is 9.80 Å². The fourth-order valence-corrected chi connectivity index (χ4v) is 3.08. The number of hydrogen-bond donors (Lipinski definition) is 0. The van der Waals surface area contributed by atoms with E-state index in [9.17, 15) is 4.79 Å². The van der Waals surface area contributed by atoms with E-state index < -0.39 is 0 Å². The normalized spacial score (nSPS) is 17.6. The van der Waals surface area contributed by atoms with Crippen molar-refractivity contribution in [1.29, 1.82) is 5.26 Å². The summed E-state index contributed by atoms with van der Waals surface area (Å²) in [5.41, 5.74) is 0.621. The summed E-state index contributed by atoms with van der Waals surface area (Å²) in [6, 6.07) is 7.30. The first-order valence-electron chi connectivity index (χ1n) is 6.41. The third kappa shape index (κ3) is 3.32. The molecule has 106 valence electrons. The zero-order valence-corrected chi connectivity index (χ0v) is 13.5. The number of amides is 1. The van der Waals surface area contributed by atoms with Crippen LogP contribution in [0.2, 0.25) is 5.02 Å². The van der Waals surface area contributed by atoms with Crippen LogP contribution in [0.1, 0.15) is 17.3 Å². The molecule has 0 N–H and O–H groups in total. The number of carbonyl (C=O) groups excluding carboxylic acids is 1. The Hall–Kier alpha value is -1.09. The number of nitriles is 1. The Balaban J connectivity index is 2.04. The molecule has 1 atom stereocenters. The predicted octanol–water partition coefficient (Wildman–Crippen LogP) is 2.77. The molecule has 0 spiro atoms. The molecule has 0 bridgehead atoms. The molecule has 0 aliphatic carbocycles. The highest BCUT2D eigenvalue weighted by molar-refractivity contribution is 9.10. The van der Waals surface area contributed by atoms with Gasteiger partial charge in [-0.2, -0.15) is 5.26 Å². The van der Waals surface area contributed by atoms with Crippen molar-refractivity contribution in [3.05, 3.63) is 33.3 Å². The van der Waals surface area contributed by atoms with Crippen molar-refractivity contribution in [2.75, 3.05) is 26.2 Å². The zero-order valence-electron chi connectivity index (χ0n) is 11.1. The second kappa shape index (κ2) is 6.57. The first-order chi connectivity index (χ1) is 9.52. The van der Waals surface area contributed by atoms with E-state index in [0.29, 0.717) is 28.1 Å². The van der Waals surface area contributed by atoms with E-state index in [-0.39, 0.29) is 11.9 Å². The highest BCUT2D eigenvalue weighted by atomic mass is 79.9. The Labute approximate surface area is 132 Å². The van der Waals surface area contributed by atoms with Crippen LogP contribution in [0.5, 0.6) is 0 Å². The Bertz CT molecular complexity index is 550. The minimum atomic E-state index is -0.102. The summed E-state index contributed by atoms with van der Waals surface area (Å²) in [5.74, 6) is -0.00203. The van der Waals surface area contributed by atoms with Gasteiger partial charge in [0.25, 0.3) is 5.91 Å². The maximum Gasteiger partial charge on any atom is 0.255 e. The van der Waals surface area contributed by atoms with Crippen LogP contribution in [0.25, 0.3) is 0 Å². The molecule has 0 saturated carbocycles. The summed E-state index contributed by atoms with van der Waals surface area (Å²) in [6.45, 7) is 4.62. The van der Waals surface area contributed by atoms with Gasteiger partial charge in [0, 0.05) is 35.7 Å². The van der Waals surface area contributed by atoms with Gasteiger partial charge in [-0.3, -0.25) is 9.69 Å². The number of halogens is 2. The third-order valence-electron chi connectivity index (χ3n) is 3.50. The van der Waals surface area contributed by atoms with E-state index in [0.717, 1.165) is 13.1 Å². The first-order valence-corrected chi connectivity index (χ1v) is 7.58. The second-order valence-electron chi connectivity index (χ2n) is 4.76. The molecule has 1 unspecified atom stereocenters. The number of piperazine rings is 1. The lowest BCUT2D eigenvalue weighted by Gasteiger charge is -2.36. The molecule has 20 heavy (non-hydrogen) atoms. The summed E-state index contributed by atoms with van der Waals surface area (Å²) in [5, 5.41) is 9.51. The van der Waals surface area contributed by atoms with E-state index in [1.807, 2.05) is 11.8 Å². The lowest BCUT2D eigenvalue weighted by atomic mass is 10.1. The summed E-state index contributed by atoms with van der Waals surface area (Å²) < 4.78 is 0.711. The van der Waals surface area contributed by atoms with Gasteiger partial charge >= 0.3 is 0 Å². The van der Waals surface area contributed by atoms with E-state index in [4.69, 9.17) is 16.9 Å². The molecule has 1 aliphatic rings. The molecule has 0 radical (unpaired) electrons. The lowest BCUT2D eigenvalue weighted by molar-refractivity contribution is 0.0615. The number of carbonyl (C=O) groups is 1. The summed E-state index contributed by atoms with van der Waals surface area (Å²) >= 11 is 9.26. The van der Waals surface area contributed by atoms with Gasteiger partial charge in [0.1, 0.15) is 0 Å². The molecule has 0 aromatic heterocycles. The molecular formula is C14H15BrClN3O. The van der Waals surface area contributed by atoms with Gasteiger partial charge in [0.15, 0.2) is 0 Å². The van der Waals surface area contributed by atoms with Crippen LogP contribution in [0.4, 0.5) is 0 Å². The molecule has 6 heteroatoms. The number of nitrogens with zero attached hydrogens (tertiary/aromatic N) is 3. The van der Waals surface area contributed by atoms with Gasteiger partial charge in [0.2, 0.25) is 0 Å². The van der Waals surface area contributed by atoms with Gasteiger partial charge in [-0.05, 0) is 41.1 Å². The van der Waals surface area contributed by atoms with E-state index in [1.165, 1.54) is 0 Å². The Kier molecular flexibility index (Phi) is 5.03. The fraction of sp³-hybridized carbons (Fsp3) is 0.429. The number of benzene rings is 1. The topological polar surface area (TPSA) is 47.3 Å². The summed E-state index contributed by atoms with van der Waals surface area (Å²) in [4.78, 5) is 16.3. The molecular weight excluding hydrogens is 342 g/mol. The molecule has 1 amide bonds. The van der Waals surface area contributed by atoms with Gasteiger partial charge in [-0.1, -0.05) is 11.6 Å². The van der Waals surface area contributed by atoms with Crippen LogP contribution in [-0.4, -0.2) is 47.9 Å². The van der Waals surface area contributed by atoms with Crippen molar-refractivity contribution in [2.24, 2.45) is 0 Å². The number of rotatable bonds is 2. The molecule has 1 saturated heterocycles. The summed E-state index contributed by atoms with van der Waals surface area (Å²) in [6.07, 6.45) is 0. The van der Waals surface area contributed by atoms with Crippen molar-refractivity contribution in [3.63, 3.8) is 0 Å². The van der Waals surface area contributed by atoms with Crippen LogP contribution in [-0.2, 0) is 0 Å². The van der Waals surface area contributed by atoms with Crippen molar-refractivity contribution >= 4 is 33.4 Å². The molecule has 1 aliphatic heterocycles. The minimum absolute atomic E-state index is 0.00203. The van der Waals surface area contributed by atoms with Gasteiger partial charge in [-0.25, -0.2) is 0 Å². The van der Waals surface area contributed by atoms with Crippen LogP contribution >= 0.6 is 27.5 Å². The van der Waals surface area contributed by atoms with Crippen molar-refractivity contribution in [2.45, 2.75) is 13.0 Å². The van der Waals surface area contributed by atoms with Crippen molar-refractivity contribution in [3.8, 4) is 6.07 Å². The fourth-order valence-electron chi connectivity index (χ4n) is 2.23. The number of hydrogen-bond acceptors (Lipinski definition) is 3. The van der Waals surface area contributed by atoms with Crippen LogP contribution < -0.4 is 0 Å². The quantitative estimate of drug-likeness (QED) is 0.818. The Morgan fingerprint density at radius 1 is 1.40 bits per heavy atom. The Morgan fingerprint density at radius 2 is 2.05 bits per heavy atom. The van der Waals surface area contributed by atoms with E-state index >= 15 is 0 Å². The molecule has 1 aromatic rings. The second-order valence-corrected chi connectivity index (χ2v) is 6.05. The standard InChI is InChI=1S/C14H15BrClN3O/c1-10(9-17)18-4-6-19(7-5-18)14(20)12-3-2-11(16)8-13(12)15/h2-3,8,10H,4-7H2,1H3. The molecule has 1 heterocycles. The van der Waals surface area contributed by atoms with E-state index in [1.54, 1.807) is 18.2 Å². The van der Waals surface area contributed by atoms with Crippen LogP contribution in [0.3, 0.4) is 0 Å². The average Bonchev–Trinajstić information content (AvgIpc) is 2.46. The first kappa shape index (κ1) is 15.3. The monoisotopic (exact) mass is 355 g/mol. The summed E-state index contributed by atoms with van der Waals surface area (Å²) in [7, 11) is 0. The molecule has 1 aromatic carbocycles. The van der Waals surface area contributed by atoms with Crippen LogP contribution in [0.15, 0.2) is 22.7 Å². The predicted molar refractivity (Wildman–Crippen MR) is 81.7 cm³/mol. The maximum atomic E-state index is 12.4. The van der Waals surface area contributed by atoms with Gasteiger partial charge in [0.05, 0.1) is 17.7 Å². The highest BCUT2D eigenvalue weighted by Gasteiger charge is 2.25. The SMILES string of the molecule is CC(C#N)N1CCN(C(=O)c2ccc(Cl)cc2Br)CC1. The molecule has 2 rings (SSSR count).